The highest BCUT2D eigenvalue weighted by atomic mass is 32.1. The van der Waals surface area contributed by atoms with Crippen LogP contribution in [0.5, 0.6) is 0 Å². The van der Waals surface area contributed by atoms with Crippen LogP contribution in [0.25, 0.3) is 5.57 Å². The number of thiazole rings is 1. The molecular formula is C10H16N2S. The average Bonchev–Trinajstić information content (AvgIpc) is 2.62. The van der Waals surface area contributed by atoms with Crippen LogP contribution in [-0.4, -0.2) is 12.0 Å². The molecule has 0 atom stereocenters. The maximum absolute atomic E-state index is 4.42. The molecule has 0 aliphatic carbocycles. The second kappa shape index (κ2) is 5.02. The average molecular weight is 196 g/mol. The van der Waals surface area contributed by atoms with E-state index in [9.17, 15) is 0 Å². The Bertz CT molecular complexity index is 289. The quantitative estimate of drug-likeness (QED) is 0.798. The van der Waals surface area contributed by atoms with Gasteiger partial charge in [-0.1, -0.05) is 19.4 Å². The lowest BCUT2D eigenvalue weighted by Crippen LogP contribution is -1.87. The fourth-order valence-corrected chi connectivity index (χ4v) is 1.77. The van der Waals surface area contributed by atoms with Crippen LogP contribution in [0.4, 0.5) is 5.13 Å². The van der Waals surface area contributed by atoms with Crippen molar-refractivity contribution in [3.8, 4) is 0 Å². The fraction of sp³-hybridized carbons (Fsp3) is 0.500. The van der Waals surface area contributed by atoms with Crippen LogP contribution in [0.1, 0.15) is 32.4 Å². The Morgan fingerprint density at radius 2 is 2.46 bits per heavy atom. The fourth-order valence-electron chi connectivity index (χ4n) is 1.04. The van der Waals surface area contributed by atoms with E-state index in [1.807, 2.05) is 7.05 Å². The molecule has 72 valence electrons. The summed E-state index contributed by atoms with van der Waals surface area (Å²) in [6.07, 6.45) is 4.58. The van der Waals surface area contributed by atoms with Crippen molar-refractivity contribution in [2.24, 2.45) is 0 Å². The molecule has 0 aliphatic heterocycles. The topological polar surface area (TPSA) is 24.9 Å². The molecule has 1 rings (SSSR count). The molecule has 0 unspecified atom stereocenters. The molecule has 1 aromatic rings. The van der Waals surface area contributed by atoms with Crippen molar-refractivity contribution in [1.29, 1.82) is 0 Å². The van der Waals surface area contributed by atoms with Gasteiger partial charge in [-0.15, -0.1) is 11.3 Å². The first-order chi connectivity index (χ1) is 6.27. The van der Waals surface area contributed by atoms with Gasteiger partial charge in [0.25, 0.3) is 0 Å². The molecule has 0 aliphatic rings. The minimum absolute atomic E-state index is 0.985. The Hall–Kier alpha value is -0.830. The molecule has 0 aromatic carbocycles. The van der Waals surface area contributed by atoms with Crippen LogP contribution in [0.2, 0.25) is 0 Å². The third-order valence-electron chi connectivity index (χ3n) is 1.86. The summed E-state index contributed by atoms with van der Waals surface area (Å²) < 4.78 is 0. The van der Waals surface area contributed by atoms with Crippen molar-refractivity contribution >= 4 is 22.0 Å². The predicted molar refractivity (Wildman–Crippen MR) is 60.2 cm³/mol. The highest BCUT2D eigenvalue weighted by Gasteiger charge is 2.00. The van der Waals surface area contributed by atoms with Gasteiger partial charge in [0.1, 0.15) is 0 Å². The SMILES string of the molecule is CCC/C=C(\C)c1csc(NC)n1. The van der Waals surface area contributed by atoms with Gasteiger partial charge in [0, 0.05) is 12.4 Å². The number of aromatic nitrogens is 1. The Labute approximate surface area is 83.7 Å². The maximum atomic E-state index is 4.42. The van der Waals surface area contributed by atoms with Crippen molar-refractivity contribution in [3.63, 3.8) is 0 Å². The van der Waals surface area contributed by atoms with Crippen molar-refractivity contribution in [2.75, 3.05) is 12.4 Å². The lowest BCUT2D eigenvalue weighted by atomic mass is 10.2. The van der Waals surface area contributed by atoms with Gasteiger partial charge < -0.3 is 5.32 Å². The van der Waals surface area contributed by atoms with Gasteiger partial charge in [-0.3, -0.25) is 0 Å². The monoisotopic (exact) mass is 196 g/mol. The van der Waals surface area contributed by atoms with Crippen molar-refractivity contribution < 1.29 is 0 Å². The maximum Gasteiger partial charge on any atom is 0.182 e. The predicted octanol–water partition coefficient (Wildman–Crippen LogP) is 3.39. The zero-order chi connectivity index (χ0) is 9.68. The van der Waals surface area contributed by atoms with Gasteiger partial charge in [0.2, 0.25) is 0 Å². The lowest BCUT2D eigenvalue weighted by molar-refractivity contribution is 0.958. The lowest BCUT2D eigenvalue weighted by Gasteiger charge is -1.94. The first-order valence-electron chi connectivity index (χ1n) is 4.58. The molecule has 0 amide bonds. The molecule has 0 bridgehead atoms. The van der Waals surface area contributed by atoms with Crippen molar-refractivity contribution in [2.45, 2.75) is 26.7 Å². The van der Waals surface area contributed by atoms with Crippen LogP contribution in [0.15, 0.2) is 11.5 Å². The number of nitrogens with zero attached hydrogens (tertiary/aromatic N) is 1. The van der Waals surface area contributed by atoms with Gasteiger partial charge in [-0.05, 0) is 18.9 Å². The molecule has 1 N–H and O–H groups in total. The third-order valence-corrected chi connectivity index (χ3v) is 2.72. The van der Waals surface area contributed by atoms with E-state index in [1.54, 1.807) is 11.3 Å². The number of rotatable bonds is 4. The van der Waals surface area contributed by atoms with Gasteiger partial charge in [0.15, 0.2) is 5.13 Å². The van der Waals surface area contributed by atoms with Gasteiger partial charge >= 0.3 is 0 Å². The van der Waals surface area contributed by atoms with Crippen LogP contribution in [-0.2, 0) is 0 Å². The first-order valence-corrected chi connectivity index (χ1v) is 5.46. The largest absolute Gasteiger partial charge is 0.365 e. The molecule has 0 spiro atoms. The number of hydrogen-bond acceptors (Lipinski definition) is 3. The Morgan fingerprint density at radius 3 is 3.00 bits per heavy atom. The zero-order valence-corrected chi connectivity index (χ0v) is 9.24. The molecule has 13 heavy (non-hydrogen) atoms. The minimum atomic E-state index is 0.985. The number of unbranched alkanes of at least 4 members (excludes halogenated alkanes) is 1. The Balaban J connectivity index is 2.70. The van der Waals surface area contributed by atoms with E-state index in [4.69, 9.17) is 0 Å². The van der Waals surface area contributed by atoms with Crippen LogP contribution in [0, 0.1) is 0 Å². The minimum Gasteiger partial charge on any atom is -0.365 e. The molecule has 0 fully saturated rings. The second-order valence-corrected chi connectivity index (χ2v) is 3.82. The van der Waals surface area contributed by atoms with Crippen molar-refractivity contribution in [1.82, 2.24) is 4.98 Å². The highest BCUT2D eigenvalue weighted by molar-refractivity contribution is 7.13. The summed E-state index contributed by atoms with van der Waals surface area (Å²) in [5.74, 6) is 0. The second-order valence-electron chi connectivity index (χ2n) is 2.96. The summed E-state index contributed by atoms with van der Waals surface area (Å²) in [6, 6.07) is 0. The molecular weight excluding hydrogens is 180 g/mol. The summed E-state index contributed by atoms with van der Waals surface area (Å²) in [5, 5.41) is 6.11. The normalized spacial score (nSPS) is 11.8. The van der Waals surface area contributed by atoms with Gasteiger partial charge in [-0.25, -0.2) is 4.98 Å². The molecule has 2 nitrogen and oxygen atoms in total. The summed E-state index contributed by atoms with van der Waals surface area (Å²) >= 11 is 1.65. The zero-order valence-electron chi connectivity index (χ0n) is 8.42. The summed E-state index contributed by atoms with van der Waals surface area (Å²) in [6.45, 7) is 4.30. The van der Waals surface area contributed by atoms with Crippen LogP contribution >= 0.6 is 11.3 Å². The summed E-state index contributed by atoms with van der Waals surface area (Å²) in [5.41, 5.74) is 2.38. The van der Waals surface area contributed by atoms with E-state index in [1.165, 1.54) is 12.0 Å². The standard InChI is InChI=1S/C10H16N2S/c1-4-5-6-8(2)9-7-13-10(11-3)12-9/h6-7H,4-5H2,1-3H3,(H,11,12)/b8-6+. The third kappa shape index (κ3) is 2.84. The van der Waals surface area contributed by atoms with Gasteiger partial charge in [-0.2, -0.15) is 0 Å². The molecule has 0 saturated heterocycles. The molecule has 1 aromatic heterocycles. The van der Waals surface area contributed by atoms with Crippen LogP contribution in [0.3, 0.4) is 0 Å². The van der Waals surface area contributed by atoms with E-state index in [0.29, 0.717) is 0 Å². The van der Waals surface area contributed by atoms with E-state index in [2.05, 4.69) is 35.6 Å². The number of hydrogen-bond donors (Lipinski definition) is 1. The Kier molecular flexibility index (Phi) is 3.96. The summed E-state index contributed by atoms with van der Waals surface area (Å²) in [7, 11) is 1.90. The molecule has 1 heterocycles. The van der Waals surface area contributed by atoms with Crippen molar-refractivity contribution in [3.05, 3.63) is 17.2 Å². The van der Waals surface area contributed by atoms with E-state index < -0.39 is 0 Å². The van der Waals surface area contributed by atoms with Gasteiger partial charge in [0.05, 0.1) is 5.69 Å². The number of anilines is 1. The van der Waals surface area contributed by atoms with Crippen LogP contribution < -0.4 is 5.32 Å². The molecule has 0 radical (unpaired) electrons. The molecule has 0 saturated carbocycles. The number of allylic oxidation sites excluding steroid dienone is 2. The van der Waals surface area contributed by atoms with E-state index >= 15 is 0 Å². The highest BCUT2D eigenvalue weighted by Crippen LogP contribution is 2.21. The number of nitrogens with one attached hydrogen (secondary N) is 1. The molecule has 3 heteroatoms. The Morgan fingerprint density at radius 1 is 1.69 bits per heavy atom. The smallest absolute Gasteiger partial charge is 0.182 e. The first kappa shape index (κ1) is 10.3. The van der Waals surface area contributed by atoms with E-state index in [-0.39, 0.29) is 0 Å². The van der Waals surface area contributed by atoms with E-state index in [0.717, 1.165) is 17.2 Å². The summed E-state index contributed by atoms with van der Waals surface area (Å²) in [4.78, 5) is 4.42.